The van der Waals surface area contributed by atoms with Crippen molar-refractivity contribution in [2.24, 2.45) is 0 Å². The zero-order valence-corrected chi connectivity index (χ0v) is 31.2. The summed E-state index contributed by atoms with van der Waals surface area (Å²) in [6.07, 6.45) is 6.40. The Labute approximate surface area is 325 Å². The number of fused-ring (bicyclic) bond motifs is 8. The minimum atomic E-state index is 0.139. The summed E-state index contributed by atoms with van der Waals surface area (Å²) in [5.41, 5.74) is 13.9. The maximum Gasteiger partial charge on any atom is 0.164 e. The van der Waals surface area contributed by atoms with E-state index in [0.717, 1.165) is 22.3 Å². The summed E-state index contributed by atoms with van der Waals surface area (Å²) >= 11 is 1.85. The SMILES string of the molecule is c1ccc(-c2ccc(-c3nc(-c4ccccc4)nc(-c4ccc5sc6ccc(-c7cccc8c7-c7ccccc7C87CCCCC7)cc6c5c4)n3)cc2)cc1. The number of thiophene rings is 1. The molecule has 11 rings (SSSR count). The highest BCUT2D eigenvalue weighted by atomic mass is 32.1. The molecule has 1 spiro atoms. The lowest BCUT2D eigenvalue weighted by molar-refractivity contribution is 0.353. The van der Waals surface area contributed by atoms with Crippen molar-refractivity contribution in [2.75, 3.05) is 0 Å². The molecule has 2 heterocycles. The summed E-state index contributed by atoms with van der Waals surface area (Å²) in [5, 5.41) is 2.50. The predicted molar refractivity (Wildman–Crippen MR) is 229 cm³/mol. The van der Waals surface area contributed by atoms with Crippen molar-refractivity contribution in [2.45, 2.75) is 37.5 Å². The number of nitrogens with zero attached hydrogens (tertiary/aromatic N) is 3. The average molecular weight is 724 g/mol. The van der Waals surface area contributed by atoms with Gasteiger partial charge >= 0.3 is 0 Å². The van der Waals surface area contributed by atoms with E-state index in [1.54, 1.807) is 0 Å². The average Bonchev–Trinajstić information content (AvgIpc) is 3.76. The molecule has 55 heavy (non-hydrogen) atoms. The molecule has 0 bridgehead atoms. The van der Waals surface area contributed by atoms with Crippen LogP contribution in [0.25, 0.3) is 87.7 Å². The van der Waals surface area contributed by atoms with E-state index in [9.17, 15) is 0 Å². The van der Waals surface area contributed by atoms with E-state index in [0.29, 0.717) is 17.5 Å². The van der Waals surface area contributed by atoms with Crippen molar-refractivity contribution in [1.82, 2.24) is 15.0 Å². The van der Waals surface area contributed by atoms with Gasteiger partial charge in [0, 0.05) is 42.3 Å². The molecule has 262 valence electrons. The molecule has 2 aliphatic carbocycles. The van der Waals surface area contributed by atoms with E-state index >= 15 is 0 Å². The van der Waals surface area contributed by atoms with Gasteiger partial charge in [-0.1, -0.05) is 153 Å². The van der Waals surface area contributed by atoms with E-state index in [2.05, 4.69) is 140 Å². The standard InChI is InChI=1S/C51H37N3S/c1-4-13-33(14-5-1)34-21-23-36(24-22-34)49-52-48(35-15-6-2-7-16-35)53-50(54-49)38-26-28-46-42(32-38)41-31-37(25-27-45(41)55-46)39-18-12-20-44-47(39)40-17-8-9-19-43(40)51(44)29-10-3-11-30-51/h1-2,4-9,12-28,31-32H,3,10-11,29-30H2. The number of hydrogen-bond donors (Lipinski definition) is 0. The van der Waals surface area contributed by atoms with E-state index in [1.807, 2.05) is 35.6 Å². The molecule has 1 saturated carbocycles. The molecule has 7 aromatic carbocycles. The van der Waals surface area contributed by atoms with E-state index in [1.165, 1.54) is 91.2 Å². The molecule has 3 nitrogen and oxygen atoms in total. The lowest BCUT2D eigenvalue weighted by Gasteiger charge is -2.36. The Hall–Kier alpha value is -6.23. The Morgan fingerprint density at radius 1 is 0.382 bits per heavy atom. The maximum absolute atomic E-state index is 5.12. The van der Waals surface area contributed by atoms with Gasteiger partial charge in [0.2, 0.25) is 0 Å². The summed E-state index contributed by atoms with van der Waals surface area (Å²) < 4.78 is 2.54. The monoisotopic (exact) mass is 723 g/mol. The van der Waals surface area contributed by atoms with Crippen molar-refractivity contribution >= 4 is 31.5 Å². The minimum absolute atomic E-state index is 0.139. The smallest absolute Gasteiger partial charge is 0.164 e. The molecule has 0 aliphatic heterocycles. The van der Waals surface area contributed by atoms with Gasteiger partial charge in [0.1, 0.15) is 0 Å². The van der Waals surface area contributed by atoms with Crippen molar-refractivity contribution < 1.29 is 0 Å². The first-order chi connectivity index (χ1) is 27.2. The number of hydrogen-bond acceptors (Lipinski definition) is 4. The van der Waals surface area contributed by atoms with Crippen LogP contribution in [0.2, 0.25) is 0 Å². The van der Waals surface area contributed by atoms with Crippen molar-refractivity contribution in [3.05, 3.63) is 175 Å². The van der Waals surface area contributed by atoms with Crippen LogP contribution in [0.1, 0.15) is 43.2 Å². The second-order valence-corrected chi connectivity index (χ2v) is 16.1. The van der Waals surface area contributed by atoms with Gasteiger partial charge in [-0.3, -0.25) is 0 Å². The first-order valence-corrected chi connectivity index (χ1v) is 20.2. The van der Waals surface area contributed by atoms with Gasteiger partial charge < -0.3 is 0 Å². The Morgan fingerprint density at radius 3 is 1.58 bits per heavy atom. The van der Waals surface area contributed by atoms with Gasteiger partial charge in [-0.2, -0.15) is 0 Å². The van der Waals surface area contributed by atoms with Crippen LogP contribution in [0.15, 0.2) is 164 Å². The van der Waals surface area contributed by atoms with Crippen LogP contribution in [0.3, 0.4) is 0 Å². The molecule has 0 atom stereocenters. The Kier molecular flexibility index (Phi) is 7.60. The first-order valence-electron chi connectivity index (χ1n) is 19.4. The number of benzene rings is 7. The highest BCUT2D eigenvalue weighted by molar-refractivity contribution is 7.25. The van der Waals surface area contributed by atoms with Crippen molar-refractivity contribution in [1.29, 1.82) is 0 Å². The van der Waals surface area contributed by atoms with Crippen LogP contribution < -0.4 is 0 Å². The molecule has 0 N–H and O–H groups in total. The lowest BCUT2D eigenvalue weighted by Crippen LogP contribution is -2.27. The minimum Gasteiger partial charge on any atom is -0.208 e. The fraction of sp³-hybridized carbons (Fsp3) is 0.118. The van der Waals surface area contributed by atoms with Crippen LogP contribution in [-0.2, 0) is 5.41 Å². The number of rotatable bonds is 5. The molecule has 0 radical (unpaired) electrons. The molecule has 1 fully saturated rings. The maximum atomic E-state index is 5.12. The molecule has 2 aromatic heterocycles. The van der Waals surface area contributed by atoms with Crippen LogP contribution in [0.5, 0.6) is 0 Å². The number of aromatic nitrogens is 3. The van der Waals surface area contributed by atoms with Gasteiger partial charge in [0.25, 0.3) is 0 Å². The van der Waals surface area contributed by atoms with Crippen molar-refractivity contribution in [3.63, 3.8) is 0 Å². The fourth-order valence-corrected chi connectivity index (χ4v) is 10.4. The quantitative estimate of drug-likeness (QED) is 0.177. The highest BCUT2D eigenvalue weighted by Gasteiger charge is 2.44. The van der Waals surface area contributed by atoms with Crippen LogP contribution in [0.4, 0.5) is 0 Å². The zero-order valence-electron chi connectivity index (χ0n) is 30.4. The summed E-state index contributed by atoms with van der Waals surface area (Å²) in [4.78, 5) is 15.2. The normalized spacial score (nSPS) is 14.3. The molecule has 0 unspecified atom stereocenters. The Bertz CT molecular complexity index is 2890. The molecule has 0 saturated heterocycles. The Morgan fingerprint density at radius 2 is 0.873 bits per heavy atom. The van der Waals surface area contributed by atoms with Gasteiger partial charge in [0.15, 0.2) is 17.5 Å². The van der Waals surface area contributed by atoms with Gasteiger partial charge in [-0.05, 0) is 87.7 Å². The molecular formula is C51H37N3S. The van der Waals surface area contributed by atoms with Crippen molar-refractivity contribution in [3.8, 4) is 67.5 Å². The summed E-state index contributed by atoms with van der Waals surface area (Å²) in [5.74, 6) is 2.00. The van der Waals surface area contributed by atoms with Crippen LogP contribution in [0, 0.1) is 0 Å². The summed E-state index contributed by atoms with van der Waals surface area (Å²) in [6, 6.07) is 59.2. The second-order valence-electron chi connectivity index (χ2n) is 15.1. The van der Waals surface area contributed by atoms with E-state index in [-0.39, 0.29) is 5.41 Å². The summed E-state index contributed by atoms with van der Waals surface area (Å²) in [7, 11) is 0. The zero-order chi connectivity index (χ0) is 36.3. The second kappa shape index (κ2) is 13.0. The predicted octanol–water partition coefficient (Wildman–Crippen LogP) is 13.8. The molecule has 0 amide bonds. The Balaban J connectivity index is 1.03. The van der Waals surface area contributed by atoms with Gasteiger partial charge in [-0.15, -0.1) is 11.3 Å². The largest absolute Gasteiger partial charge is 0.208 e. The van der Waals surface area contributed by atoms with E-state index in [4.69, 9.17) is 15.0 Å². The van der Waals surface area contributed by atoms with Gasteiger partial charge in [-0.25, -0.2) is 15.0 Å². The lowest BCUT2D eigenvalue weighted by atomic mass is 9.68. The molecular weight excluding hydrogens is 687 g/mol. The first kappa shape index (κ1) is 32.2. The van der Waals surface area contributed by atoms with E-state index < -0.39 is 0 Å². The topological polar surface area (TPSA) is 38.7 Å². The van der Waals surface area contributed by atoms with Gasteiger partial charge in [0.05, 0.1) is 0 Å². The third kappa shape index (κ3) is 5.35. The molecule has 2 aliphatic rings. The fourth-order valence-electron chi connectivity index (χ4n) is 9.32. The third-order valence-corrected chi connectivity index (χ3v) is 13.1. The molecule has 4 heteroatoms. The summed E-state index contributed by atoms with van der Waals surface area (Å²) in [6.45, 7) is 0. The molecule has 9 aromatic rings. The van der Waals surface area contributed by atoms with Crippen LogP contribution >= 0.6 is 11.3 Å². The third-order valence-electron chi connectivity index (χ3n) is 12.0. The highest BCUT2D eigenvalue weighted by Crippen LogP contribution is 2.58. The van der Waals surface area contributed by atoms with Crippen LogP contribution in [-0.4, -0.2) is 15.0 Å².